The Kier molecular flexibility index (Phi) is 7.60. The molecule has 4 nitrogen and oxygen atoms in total. The molecular formula is C29H47NO3. The van der Waals surface area contributed by atoms with Crippen molar-refractivity contribution in [2.45, 2.75) is 103 Å². The maximum atomic E-state index is 10.8. The second-order valence-corrected chi connectivity index (χ2v) is 12.1. The second kappa shape index (κ2) is 9.97. The highest BCUT2D eigenvalue weighted by Crippen LogP contribution is 2.59. The molecule has 3 N–H and O–H groups in total. The number of rotatable bonds is 5. The Bertz CT molecular complexity index is 772. The van der Waals surface area contributed by atoms with Crippen LogP contribution in [-0.2, 0) is 0 Å². The Hall–Kier alpha value is -0.940. The molecule has 7 atom stereocenters. The van der Waals surface area contributed by atoms with E-state index in [4.69, 9.17) is 0 Å². The van der Waals surface area contributed by atoms with Gasteiger partial charge in [0.15, 0.2) is 0 Å². The van der Waals surface area contributed by atoms with Crippen LogP contribution in [-0.4, -0.2) is 57.7 Å². The van der Waals surface area contributed by atoms with E-state index < -0.39 is 17.8 Å². The molecule has 0 aromatic rings. The van der Waals surface area contributed by atoms with Crippen LogP contribution < -0.4 is 0 Å². The van der Waals surface area contributed by atoms with Gasteiger partial charge in [-0.05, 0) is 99.5 Å². The fourth-order valence-electron chi connectivity index (χ4n) is 7.82. The largest absolute Gasteiger partial charge is 0.389 e. The third kappa shape index (κ3) is 5.19. The molecule has 0 aromatic heterocycles. The van der Waals surface area contributed by atoms with Gasteiger partial charge >= 0.3 is 0 Å². The summed E-state index contributed by atoms with van der Waals surface area (Å²) in [4.78, 5) is 2.53. The lowest BCUT2D eigenvalue weighted by atomic mass is 9.61. The lowest BCUT2D eigenvalue weighted by Crippen LogP contribution is -2.50. The number of aliphatic hydroxyl groups is 3. The van der Waals surface area contributed by atoms with Crippen LogP contribution >= 0.6 is 0 Å². The van der Waals surface area contributed by atoms with Crippen LogP contribution in [0.25, 0.3) is 0 Å². The van der Waals surface area contributed by atoms with Crippen molar-refractivity contribution >= 4 is 0 Å². The molecule has 1 aliphatic heterocycles. The van der Waals surface area contributed by atoms with Gasteiger partial charge in [0.05, 0.1) is 17.8 Å². The Morgan fingerprint density at radius 2 is 1.85 bits per heavy atom. The van der Waals surface area contributed by atoms with Crippen LogP contribution in [0, 0.1) is 23.2 Å². The zero-order chi connectivity index (χ0) is 23.8. The number of piperidine rings is 1. The minimum Gasteiger partial charge on any atom is -0.389 e. The number of aliphatic hydroxyl groups excluding tert-OH is 2. The monoisotopic (exact) mass is 457 g/mol. The summed E-state index contributed by atoms with van der Waals surface area (Å²) in [5.74, 6) is 2.03. The van der Waals surface area contributed by atoms with Crippen molar-refractivity contribution < 1.29 is 15.3 Å². The average molecular weight is 458 g/mol. The van der Waals surface area contributed by atoms with E-state index >= 15 is 0 Å². The van der Waals surface area contributed by atoms with Crippen molar-refractivity contribution in [1.29, 1.82) is 0 Å². The lowest BCUT2D eigenvalue weighted by Gasteiger charge is -2.46. The maximum absolute atomic E-state index is 10.8. The summed E-state index contributed by atoms with van der Waals surface area (Å²) in [5.41, 5.74) is 3.15. The van der Waals surface area contributed by atoms with E-state index in [0.717, 1.165) is 50.4 Å². The molecule has 0 amide bonds. The SMILES string of the molecule is C=C1[C@H](O)CC(=CC=C2CCC[C@]3(C)[C@@H]([C@H](C)CN4CCCC(O)(CC)C4)CC[C@@H]23)C[C@H]1O. The number of hydrogen-bond acceptors (Lipinski definition) is 4. The van der Waals surface area contributed by atoms with Gasteiger partial charge in [-0.25, -0.2) is 0 Å². The lowest BCUT2D eigenvalue weighted by molar-refractivity contribution is -0.0420. The van der Waals surface area contributed by atoms with Gasteiger partial charge < -0.3 is 20.2 Å². The van der Waals surface area contributed by atoms with Crippen LogP contribution in [0.5, 0.6) is 0 Å². The molecule has 1 saturated heterocycles. The molecule has 33 heavy (non-hydrogen) atoms. The molecule has 1 unspecified atom stereocenters. The standard InChI is InChI=1S/C29H47NO3/c1-5-29(33)14-7-15-30(19-29)18-20(2)24-11-12-25-23(8-6-13-28(24,25)4)10-9-22-16-26(31)21(3)27(32)17-22/h9-10,20,24-27,31-33H,3,5-8,11-19H2,1-2,4H3/t20-,24-,25+,26-,27-,28-,29?/m1/s1. The zero-order valence-electron chi connectivity index (χ0n) is 21.2. The first-order valence-corrected chi connectivity index (χ1v) is 13.5. The molecule has 0 aromatic carbocycles. The summed E-state index contributed by atoms with van der Waals surface area (Å²) in [7, 11) is 0. The van der Waals surface area contributed by atoms with Crippen LogP contribution in [0.2, 0.25) is 0 Å². The fourth-order valence-corrected chi connectivity index (χ4v) is 7.82. The van der Waals surface area contributed by atoms with Crippen molar-refractivity contribution in [2.75, 3.05) is 19.6 Å². The van der Waals surface area contributed by atoms with Gasteiger partial charge in [-0.15, -0.1) is 0 Å². The second-order valence-electron chi connectivity index (χ2n) is 12.1. The van der Waals surface area contributed by atoms with Crippen molar-refractivity contribution in [3.8, 4) is 0 Å². The first-order valence-electron chi connectivity index (χ1n) is 13.5. The van der Waals surface area contributed by atoms with Gasteiger partial charge in [0.1, 0.15) is 0 Å². The zero-order valence-corrected chi connectivity index (χ0v) is 21.2. The van der Waals surface area contributed by atoms with E-state index in [0.29, 0.717) is 35.7 Å². The Morgan fingerprint density at radius 3 is 2.55 bits per heavy atom. The van der Waals surface area contributed by atoms with Gasteiger partial charge in [-0.1, -0.05) is 50.6 Å². The molecule has 1 heterocycles. The Morgan fingerprint density at radius 1 is 1.12 bits per heavy atom. The Labute approximate surface area is 201 Å². The van der Waals surface area contributed by atoms with Crippen molar-refractivity contribution in [3.63, 3.8) is 0 Å². The highest BCUT2D eigenvalue weighted by atomic mass is 16.3. The molecule has 4 rings (SSSR count). The predicted molar refractivity (Wildman–Crippen MR) is 135 cm³/mol. The van der Waals surface area contributed by atoms with E-state index in [-0.39, 0.29) is 0 Å². The van der Waals surface area contributed by atoms with E-state index in [1.165, 1.54) is 32.1 Å². The fraction of sp³-hybridized carbons (Fsp3) is 0.793. The maximum Gasteiger partial charge on any atom is 0.0809 e. The molecule has 0 bridgehead atoms. The summed E-state index contributed by atoms with van der Waals surface area (Å²) < 4.78 is 0. The third-order valence-corrected chi connectivity index (χ3v) is 9.86. The number of fused-ring (bicyclic) bond motifs is 1. The topological polar surface area (TPSA) is 63.9 Å². The van der Waals surface area contributed by atoms with Gasteiger partial charge in [0.2, 0.25) is 0 Å². The predicted octanol–water partition coefficient (Wildman–Crippen LogP) is 5.00. The normalized spacial score (nSPS) is 42.4. The van der Waals surface area contributed by atoms with Crippen LogP contribution in [0.4, 0.5) is 0 Å². The first kappa shape index (κ1) is 25.2. The van der Waals surface area contributed by atoms with Gasteiger partial charge in [-0.2, -0.15) is 0 Å². The number of nitrogens with zero attached hydrogens (tertiary/aromatic N) is 1. The van der Waals surface area contributed by atoms with E-state index in [1.807, 2.05) is 0 Å². The molecule has 3 aliphatic carbocycles. The molecule has 4 aliphatic rings. The average Bonchev–Trinajstić information content (AvgIpc) is 3.13. The molecule has 0 spiro atoms. The van der Waals surface area contributed by atoms with Gasteiger partial charge in [-0.3, -0.25) is 0 Å². The summed E-state index contributed by atoms with van der Waals surface area (Å²) in [6.45, 7) is 14.0. The van der Waals surface area contributed by atoms with Crippen LogP contribution in [0.1, 0.15) is 85.0 Å². The molecule has 4 fully saturated rings. The van der Waals surface area contributed by atoms with E-state index in [9.17, 15) is 15.3 Å². The van der Waals surface area contributed by atoms with E-state index in [2.05, 4.69) is 44.4 Å². The summed E-state index contributed by atoms with van der Waals surface area (Å²) >= 11 is 0. The molecule has 3 saturated carbocycles. The highest BCUT2D eigenvalue weighted by Gasteiger charge is 2.51. The molecular weight excluding hydrogens is 410 g/mol. The number of hydrogen-bond donors (Lipinski definition) is 3. The number of likely N-dealkylation sites (tertiary alicyclic amines) is 1. The summed E-state index contributed by atoms with van der Waals surface area (Å²) in [6.07, 6.45) is 13.7. The molecule has 0 radical (unpaired) electrons. The van der Waals surface area contributed by atoms with Crippen molar-refractivity contribution in [2.24, 2.45) is 23.2 Å². The molecule has 186 valence electrons. The Balaban J connectivity index is 1.43. The van der Waals surface area contributed by atoms with Crippen molar-refractivity contribution in [1.82, 2.24) is 4.90 Å². The van der Waals surface area contributed by atoms with E-state index in [1.54, 1.807) is 5.57 Å². The number of allylic oxidation sites excluding steroid dienone is 3. The first-order chi connectivity index (χ1) is 15.6. The summed E-state index contributed by atoms with van der Waals surface area (Å²) in [6, 6.07) is 0. The third-order valence-electron chi connectivity index (χ3n) is 9.86. The van der Waals surface area contributed by atoms with Gasteiger partial charge in [0.25, 0.3) is 0 Å². The van der Waals surface area contributed by atoms with Gasteiger partial charge in [0, 0.05) is 13.1 Å². The quantitative estimate of drug-likeness (QED) is 0.508. The molecule has 4 heteroatoms. The smallest absolute Gasteiger partial charge is 0.0809 e. The minimum atomic E-state index is -0.619. The minimum absolute atomic E-state index is 0.360. The van der Waals surface area contributed by atoms with Crippen molar-refractivity contribution in [3.05, 3.63) is 35.5 Å². The van der Waals surface area contributed by atoms with Crippen LogP contribution in [0.15, 0.2) is 35.5 Å². The summed E-state index contributed by atoms with van der Waals surface area (Å²) in [5, 5.41) is 31.2. The van der Waals surface area contributed by atoms with Crippen LogP contribution in [0.3, 0.4) is 0 Å². The number of β-amino-alcohol motifs (C(OH)–C–C–N with tert-alkyl or cyclic N) is 1. The highest BCUT2D eigenvalue weighted by molar-refractivity contribution is 5.29.